The van der Waals surface area contributed by atoms with Crippen LogP contribution in [0.25, 0.3) is 0 Å². The number of rotatable bonds is 4. The van der Waals surface area contributed by atoms with E-state index in [1.807, 2.05) is 24.3 Å². The number of hydrogen-bond acceptors (Lipinski definition) is 2. The largest absolute Gasteiger partial charge is 0.295 e. The van der Waals surface area contributed by atoms with Gasteiger partial charge in [0.1, 0.15) is 6.04 Å². The van der Waals surface area contributed by atoms with E-state index >= 15 is 0 Å². The van der Waals surface area contributed by atoms with Crippen molar-refractivity contribution in [3.05, 3.63) is 47.0 Å². The Balaban J connectivity index is 2.85. The summed E-state index contributed by atoms with van der Waals surface area (Å²) in [7, 11) is 0. The van der Waals surface area contributed by atoms with Crippen LogP contribution in [0.3, 0.4) is 0 Å². The van der Waals surface area contributed by atoms with Gasteiger partial charge in [0.05, 0.1) is 6.07 Å². The summed E-state index contributed by atoms with van der Waals surface area (Å²) in [4.78, 5) is 0. The lowest BCUT2D eigenvalue weighted by Crippen LogP contribution is -2.20. The predicted molar refractivity (Wildman–Crippen MR) is 60.7 cm³/mol. The number of nitriles is 1. The third kappa shape index (κ3) is 2.69. The minimum Gasteiger partial charge on any atom is -0.295 e. The van der Waals surface area contributed by atoms with E-state index in [-0.39, 0.29) is 6.04 Å². The van der Waals surface area contributed by atoms with Gasteiger partial charge in [-0.3, -0.25) is 5.32 Å². The van der Waals surface area contributed by atoms with Crippen LogP contribution in [0, 0.1) is 11.3 Å². The first-order chi connectivity index (χ1) is 6.79. The summed E-state index contributed by atoms with van der Waals surface area (Å²) in [5, 5.41) is 12.0. The van der Waals surface area contributed by atoms with Crippen LogP contribution >= 0.6 is 15.9 Å². The third-order valence-corrected chi connectivity index (χ3v) is 2.53. The monoisotopic (exact) mass is 250 g/mol. The molecule has 1 atom stereocenters. The van der Waals surface area contributed by atoms with Crippen LogP contribution < -0.4 is 5.32 Å². The van der Waals surface area contributed by atoms with Crippen molar-refractivity contribution in [2.45, 2.75) is 6.04 Å². The Labute approximate surface area is 92.4 Å². The molecule has 72 valence electrons. The van der Waals surface area contributed by atoms with Crippen LogP contribution in [0.15, 0.2) is 41.4 Å². The van der Waals surface area contributed by atoms with E-state index in [9.17, 15) is 0 Å². The summed E-state index contributed by atoms with van der Waals surface area (Å²) in [6, 6.07) is 9.61. The molecule has 0 radical (unpaired) electrons. The average molecular weight is 251 g/mol. The lowest BCUT2D eigenvalue weighted by Gasteiger charge is -2.11. The van der Waals surface area contributed by atoms with E-state index in [1.165, 1.54) is 0 Å². The highest BCUT2D eigenvalue weighted by molar-refractivity contribution is 9.10. The smallest absolute Gasteiger partial charge is 0.122 e. The first-order valence-corrected chi connectivity index (χ1v) is 5.07. The number of nitrogens with zero attached hydrogens (tertiary/aromatic N) is 1. The molecule has 1 aromatic rings. The first kappa shape index (κ1) is 11.0. The molecule has 0 spiro atoms. The van der Waals surface area contributed by atoms with Crippen LogP contribution in [-0.4, -0.2) is 6.54 Å². The second kappa shape index (κ2) is 5.58. The SMILES string of the molecule is C=CCNC(C#N)c1ccccc1Br. The van der Waals surface area contributed by atoms with Crippen molar-refractivity contribution in [2.75, 3.05) is 6.54 Å². The highest BCUT2D eigenvalue weighted by atomic mass is 79.9. The van der Waals surface area contributed by atoms with Crippen LogP contribution in [0.2, 0.25) is 0 Å². The van der Waals surface area contributed by atoms with Crippen LogP contribution in [0.1, 0.15) is 11.6 Å². The summed E-state index contributed by atoms with van der Waals surface area (Å²) < 4.78 is 0.947. The molecule has 0 aliphatic carbocycles. The molecular formula is C11H11BrN2. The van der Waals surface area contributed by atoms with Crippen LogP contribution in [-0.2, 0) is 0 Å². The zero-order valence-corrected chi connectivity index (χ0v) is 9.29. The van der Waals surface area contributed by atoms with Crippen molar-refractivity contribution in [3.8, 4) is 6.07 Å². The minimum atomic E-state index is -0.288. The van der Waals surface area contributed by atoms with Gasteiger partial charge < -0.3 is 0 Å². The summed E-state index contributed by atoms with van der Waals surface area (Å²) in [6.45, 7) is 4.22. The molecule has 3 heteroatoms. The maximum Gasteiger partial charge on any atom is 0.122 e. The van der Waals surface area contributed by atoms with Gasteiger partial charge in [0.25, 0.3) is 0 Å². The van der Waals surface area contributed by atoms with Gasteiger partial charge in [-0.2, -0.15) is 5.26 Å². The zero-order valence-electron chi connectivity index (χ0n) is 7.70. The van der Waals surface area contributed by atoms with Gasteiger partial charge in [-0.1, -0.05) is 40.2 Å². The summed E-state index contributed by atoms with van der Waals surface area (Å²) in [5.74, 6) is 0. The Morgan fingerprint density at radius 3 is 2.86 bits per heavy atom. The Morgan fingerprint density at radius 1 is 1.57 bits per heavy atom. The fourth-order valence-corrected chi connectivity index (χ4v) is 1.65. The third-order valence-electron chi connectivity index (χ3n) is 1.81. The first-order valence-electron chi connectivity index (χ1n) is 4.28. The van der Waals surface area contributed by atoms with Crippen molar-refractivity contribution in [1.29, 1.82) is 5.26 Å². The van der Waals surface area contributed by atoms with Gasteiger partial charge in [0.2, 0.25) is 0 Å². The van der Waals surface area contributed by atoms with Gasteiger partial charge in [-0.15, -0.1) is 6.58 Å². The maximum atomic E-state index is 8.96. The average Bonchev–Trinajstić information content (AvgIpc) is 2.21. The zero-order chi connectivity index (χ0) is 10.4. The van der Waals surface area contributed by atoms with E-state index < -0.39 is 0 Å². The number of benzene rings is 1. The van der Waals surface area contributed by atoms with Crippen molar-refractivity contribution < 1.29 is 0 Å². The standard InChI is InChI=1S/C11H11BrN2/c1-2-7-14-11(8-13)9-5-3-4-6-10(9)12/h2-6,11,14H,1,7H2. The minimum absolute atomic E-state index is 0.288. The molecule has 0 saturated carbocycles. The Morgan fingerprint density at radius 2 is 2.29 bits per heavy atom. The van der Waals surface area contributed by atoms with Crippen molar-refractivity contribution in [2.24, 2.45) is 0 Å². The van der Waals surface area contributed by atoms with Gasteiger partial charge in [0, 0.05) is 11.0 Å². The molecule has 0 saturated heterocycles. The summed E-state index contributed by atoms with van der Waals surface area (Å²) in [5.41, 5.74) is 0.955. The lowest BCUT2D eigenvalue weighted by atomic mass is 10.1. The highest BCUT2D eigenvalue weighted by Gasteiger charge is 2.10. The summed E-state index contributed by atoms with van der Waals surface area (Å²) in [6.07, 6.45) is 1.74. The molecule has 0 aromatic heterocycles. The molecule has 0 amide bonds. The van der Waals surface area contributed by atoms with E-state index in [0.717, 1.165) is 10.0 Å². The molecule has 0 aliphatic rings. The predicted octanol–water partition coefficient (Wildman–Crippen LogP) is 2.79. The molecular weight excluding hydrogens is 240 g/mol. The molecule has 0 aliphatic heterocycles. The number of hydrogen-bond donors (Lipinski definition) is 1. The highest BCUT2D eigenvalue weighted by Crippen LogP contribution is 2.22. The van der Waals surface area contributed by atoms with E-state index in [0.29, 0.717) is 6.54 Å². The Hall–Kier alpha value is -1.11. The van der Waals surface area contributed by atoms with E-state index in [2.05, 4.69) is 33.9 Å². The second-order valence-electron chi connectivity index (χ2n) is 2.78. The molecule has 1 rings (SSSR count). The molecule has 1 aromatic carbocycles. The van der Waals surface area contributed by atoms with Crippen LogP contribution in [0.4, 0.5) is 0 Å². The van der Waals surface area contributed by atoms with Crippen molar-refractivity contribution in [1.82, 2.24) is 5.32 Å². The fourth-order valence-electron chi connectivity index (χ4n) is 1.14. The van der Waals surface area contributed by atoms with Gasteiger partial charge in [-0.25, -0.2) is 0 Å². The quantitative estimate of drug-likeness (QED) is 0.835. The van der Waals surface area contributed by atoms with Gasteiger partial charge in [0.15, 0.2) is 0 Å². The Kier molecular flexibility index (Phi) is 4.37. The summed E-state index contributed by atoms with van der Waals surface area (Å²) >= 11 is 3.41. The Bertz CT molecular complexity index is 355. The molecule has 1 N–H and O–H groups in total. The lowest BCUT2D eigenvalue weighted by molar-refractivity contribution is 0.681. The maximum absolute atomic E-state index is 8.96. The molecule has 0 bridgehead atoms. The van der Waals surface area contributed by atoms with Crippen molar-refractivity contribution in [3.63, 3.8) is 0 Å². The number of nitrogens with one attached hydrogen (secondary N) is 1. The number of halogens is 1. The second-order valence-corrected chi connectivity index (χ2v) is 3.63. The van der Waals surface area contributed by atoms with Gasteiger partial charge in [-0.05, 0) is 11.6 Å². The van der Waals surface area contributed by atoms with E-state index in [4.69, 9.17) is 5.26 Å². The van der Waals surface area contributed by atoms with E-state index in [1.54, 1.807) is 6.08 Å². The van der Waals surface area contributed by atoms with Crippen molar-refractivity contribution >= 4 is 15.9 Å². The molecule has 14 heavy (non-hydrogen) atoms. The fraction of sp³-hybridized carbons (Fsp3) is 0.182. The molecule has 1 unspecified atom stereocenters. The normalized spacial score (nSPS) is 11.7. The topological polar surface area (TPSA) is 35.8 Å². The molecule has 0 heterocycles. The van der Waals surface area contributed by atoms with Crippen LogP contribution in [0.5, 0.6) is 0 Å². The molecule has 2 nitrogen and oxygen atoms in total. The van der Waals surface area contributed by atoms with Gasteiger partial charge >= 0.3 is 0 Å². The molecule has 0 fully saturated rings.